The maximum Gasteiger partial charge on any atom is 0.241 e. The second kappa shape index (κ2) is 7.38. The van der Waals surface area contributed by atoms with Crippen LogP contribution in [-0.4, -0.2) is 43.2 Å². The van der Waals surface area contributed by atoms with Crippen molar-refractivity contribution < 1.29 is 9.53 Å². The summed E-state index contributed by atoms with van der Waals surface area (Å²) in [4.78, 5) is 14.1. The van der Waals surface area contributed by atoms with Crippen molar-refractivity contribution in [3.8, 4) is 0 Å². The number of benzene rings is 1. The first-order valence-corrected chi connectivity index (χ1v) is 7.14. The van der Waals surface area contributed by atoms with Gasteiger partial charge < -0.3 is 15.8 Å². The van der Waals surface area contributed by atoms with E-state index in [1.54, 1.807) is 0 Å². The summed E-state index contributed by atoms with van der Waals surface area (Å²) in [5.41, 5.74) is 7.72. The highest BCUT2D eigenvalue weighted by Crippen LogP contribution is 2.12. The first-order valence-electron chi connectivity index (χ1n) is 7.14. The quantitative estimate of drug-likeness (QED) is 0.848. The number of nitrogens with zero attached hydrogens (tertiary/aromatic N) is 1. The minimum absolute atomic E-state index is 0.131. The van der Waals surface area contributed by atoms with Crippen LogP contribution in [0, 0.1) is 0 Å². The predicted octanol–water partition coefficient (Wildman–Crippen LogP) is 1.19. The Bertz CT molecular complexity index is 427. The van der Waals surface area contributed by atoms with E-state index in [1.807, 2.05) is 31.2 Å². The Labute approximate surface area is 120 Å². The minimum atomic E-state index is -0.442. The van der Waals surface area contributed by atoms with Gasteiger partial charge in [0.2, 0.25) is 5.91 Å². The summed E-state index contributed by atoms with van der Waals surface area (Å²) >= 11 is 0. The fraction of sp³-hybridized carbons (Fsp3) is 0.533. The molecular formula is C15H23N3O2. The number of hydrogen-bond donors (Lipinski definition) is 2. The fourth-order valence-electron chi connectivity index (χ4n) is 2.13. The third-order valence-corrected chi connectivity index (χ3v) is 3.51. The second-order valence-corrected chi connectivity index (χ2v) is 5.09. The summed E-state index contributed by atoms with van der Waals surface area (Å²) in [5, 5.41) is 2.83. The van der Waals surface area contributed by atoms with Crippen molar-refractivity contribution >= 4 is 11.6 Å². The molecule has 0 unspecified atom stereocenters. The first-order chi connectivity index (χ1) is 9.69. The summed E-state index contributed by atoms with van der Waals surface area (Å²) in [5.74, 6) is -0.131. The Balaban J connectivity index is 1.87. The van der Waals surface area contributed by atoms with E-state index in [2.05, 4.69) is 10.2 Å². The van der Waals surface area contributed by atoms with Gasteiger partial charge in [-0.05, 0) is 24.1 Å². The van der Waals surface area contributed by atoms with E-state index in [4.69, 9.17) is 10.5 Å². The summed E-state index contributed by atoms with van der Waals surface area (Å²) in [6.45, 7) is 6.39. The SMILES string of the molecule is CC[C@H](N)C(=O)Nc1ccc(CN2CCOCC2)cc1. The third kappa shape index (κ3) is 4.30. The van der Waals surface area contributed by atoms with Gasteiger partial charge in [-0.1, -0.05) is 19.1 Å². The van der Waals surface area contributed by atoms with E-state index in [9.17, 15) is 4.79 Å². The van der Waals surface area contributed by atoms with Crippen molar-refractivity contribution in [3.05, 3.63) is 29.8 Å². The van der Waals surface area contributed by atoms with Gasteiger partial charge in [0.15, 0.2) is 0 Å². The summed E-state index contributed by atoms with van der Waals surface area (Å²) in [6, 6.07) is 7.50. The Hall–Kier alpha value is -1.43. The van der Waals surface area contributed by atoms with Gasteiger partial charge in [0.25, 0.3) is 0 Å². The van der Waals surface area contributed by atoms with Crippen LogP contribution in [0.3, 0.4) is 0 Å². The van der Waals surface area contributed by atoms with Gasteiger partial charge in [-0.3, -0.25) is 9.69 Å². The van der Waals surface area contributed by atoms with Crippen LogP contribution in [0.4, 0.5) is 5.69 Å². The zero-order chi connectivity index (χ0) is 14.4. The molecule has 1 aliphatic heterocycles. The highest BCUT2D eigenvalue weighted by atomic mass is 16.5. The molecule has 20 heavy (non-hydrogen) atoms. The van der Waals surface area contributed by atoms with Gasteiger partial charge in [0.1, 0.15) is 0 Å². The molecule has 0 aliphatic carbocycles. The van der Waals surface area contributed by atoms with Crippen molar-refractivity contribution in [1.82, 2.24) is 4.90 Å². The van der Waals surface area contributed by atoms with Crippen LogP contribution in [0.5, 0.6) is 0 Å². The van der Waals surface area contributed by atoms with Crippen molar-refractivity contribution in [2.45, 2.75) is 25.9 Å². The number of carbonyl (C=O) groups is 1. The van der Waals surface area contributed by atoms with E-state index in [0.717, 1.165) is 38.5 Å². The van der Waals surface area contributed by atoms with Crippen molar-refractivity contribution in [2.24, 2.45) is 5.73 Å². The molecule has 1 heterocycles. The number of amides is 1. The number of anilines is 1. The molecule has 0 radical (unpaired) electrons. The van der Waals surface area contributed by atoms with Gasteiger partial charge in [-0.15, -0.1) is 0 Å². The van der Waals surface area contributed by atoms with Crippen molar-refractivity contribution in [1.29, 1.82) is 0 Å². The largest absolute Gasteiger partial charge is 0.379 e. The molecule has 1 atom stereocenters. The van der Waals surface area contributed by atoms with E-state index >= 15 is 0 Å². The molecule has 1 amide bonds. The molecule has 0 saturated carbocycles. The van der Waals surface area contributed by atoms with Crippen LogP contribution >= 0.6 is 0 Å². The second-order valence-electron chi connectivity index (χ2n) is 5.09. The number of hydrogen-bond acceptors (Lipinski definition) is 4. The van der Waals surface area contributed by atoms with Gasteiger partial charge in [-0.2, -0.15) is 0 Å². The van der Waals surface area contributed by atoms with E-state index in [-0.39, 0.29) is 5.91 Å². The molecule has 1 aliphatic rings. The van der Waals surface area contributed by atoms with Gasteiger partial charge in [0.05, 0.1) is 19.3 Å². The predicted molar refractivity (Wildman–Crippen MR) is 79.4 cm³/mol. The molecule has 0 bridgehead atoms. The summed E-state index contributed by atoms with van der Waals surface area (Å²) in [6.07, 6.45) is 0.640. The smallest absolute Gasteiger partial charge is 0.241 e. The monoisotopic (exact) mass is 277 g/mol. The van der Waals surface area contributed by atoms with Crippen molar-refractivity contribution in [2.75, 3.05) is 31.6 Å². The summed E-state index contributed by atoms with van der Waals surface area (Å²) in [7, 11) is 0. The van der Waals surface area contributed by atoms with E-state index < -0.39 is 6.04 Å². The molecular weight excluding hydrogens is 254 g/mol. The van der Waals surface area contributed by atoms with E-state index in [0.29, 0.717) is 6.42 Å². The molecule has 1 fully saturated rings. The Morgan fingerprint density at radius 2 is 2.00 bits per heavy atom. The standard InChI is InChI=1S/C15H23N3O2/c1-2-14(16)15(19)17-13-5-3-12(4-6-13)11-18-7-9-20-10-8-18/h3-6,14H,2,7-11,16H2,1H3,(H,17,19)/t14-/m0/s1. The average molecular weight is 277 g/mol. The van der Waals surface area contributed by atoms with Crippen molar-refractivity contribution in [3.63, 3.8) is 0 Å². The Morgan fingerprint density at radius 1 is 1.35 bits per heavy atom. The highest BCUT2D eigenvalue weighted by Gasteiger charge is 2.12. The van der Waals surface area contributed by atoms with Crippen LogP contribution in [0.1, 0.15) is 18.9 Å². The fourth-order valence-corrected chi connectivity index (χ4v) is 2.13. The Morgan fingerprint density at radius 3 is 2.60 bits per heavy atom. The first kappa shape index (κ1) is 15.0. The normalized spacial score (nSPS) is 17.7. The maximum absolute atomic E-state index is 11.7. The molecule has 0 aromatic heterocycles. The molecule has 110 valence electrons. The zero-order valence-corrected chi connectivity index (χ0v) is 12.0. The van der Waals surface area contributed by atoms with Crippen LogP contribution in [-0.2, 0) is 16.1 Å². The molecule has 5 nitrogen and oxygen atoms in total. The van der Waals surface area contributed by atoms with Gasteiger partial charge in [0, 0.05) is 25.3 Å². The lowest BCUT2D eigenvalue weighted by molar-refractivity contribution is -0.117. The Kier molecular flexibility index (Phi) is 5.52. The number of carbonyl (C=O) groups excluding carboxylic acids is 1. The van der Waals surface area contributed by atoms with E-state index in [1.165, 1.54) is 5.56 Å². The maximum atomic E-state index is 11.7. The minimum Gasteiger partial charge on any atom is -0.379 e. The lowest BCUT2D eigenvalue weighted by Gasteiger charge is -2.26. The average Bonchev–Trinajstić information content (AvgIpc) is 2.49. The molecule has 5 heteroatoms. The van der Waals surface area contributed by atoms with Crippen LogP contribution in [0.15, 0.2) is 24.3 Å². The molecule has 1 aromatic carbocycles. The van der Waals surface area contributed by atoms with Gasteiger partial charge >= 0.3 is 0 Å². The van der Waals surface area contributed by atoms with Crippen LogP contribution in [0.25, 0.3) is 0 Å². The number of ether oxygens (including phenoxy) is 1. The zero-order valence-electron chi connectivity index (χ0n) is 12.0. The van der Waals surface area contributed by atoms with Crippen LogP contribution < -0.4 is 11.1 Å². The lowest BCUT2D eigenvalue weighted by Crippen LogP contribution is -2.35. The molecule has 1 aromatic rings. The van der Waals surface area contributed by atoms with Gasteiger partial charge in [-0.25, -0.2) is 0 Å². The molecule has 1 saturated heterocycles. The summed E-state index contributed by atoms with van der Waals surface area (Å²) < 4.78 is 5.33. The number of nitrogens with one attached hydrogen (secondary N) is 1. The molecule has 3 N–H and O–H groups in total. The lowest BCUT2D eigenvalue weighted by atomic mass is 10.1. The molecule has 2 rings (SSSR count). The topological polar surface area (TPSA) is 67.6 Å². The number of rotatable bonds is 5. The third-order valence-electron chi connectivity index (χ3n) is 3.51. The van der Waals surface area contributed by atoms with Crippen LogP contribution in [0.2, 0.25) is 0 Å². The number of nitrogens with two attached hydrogens (primary N) is 1. The highest BCUT2D eigenvalue weighted by molar-refractivity contribution is 5.94. The number of morpholine rings is 1. The molecule has 0 spiro atoms.